The van der Waals surface area contributed by atoms with Crippen LogP contribution in [-0.2, 0) is 6.18 Å². The van der Waals surface area contributed by atoms with E-state index in [1.807, 2.05) is 32.0 Å². The van der Waals surface area contributed by atoms with Crippen LogP contribution < -0.4 is 9.47 Å². The molecule has 0 saturated carbocycles. The van der Waals surface area contributed by atoms with Crippen LogP contribution >= 0.6 is 0 Å². The Bertz CT molecular complexity index is 1190. The largest absolute Gasteiger partial charge is 0.493 e. The molecule has 0 aromatic heterocycles. The molecule has 3 rings (SSSR count). The van der Waals surface area contributed by atoms with Crippen molar-refractivity contribution in [2.45, 2.75) is 20.0 Å². The van der Waals surface area contributed by atoms with E-state index in [0.717, 1.165) is 28.9 Å². The van der Waals surface area contributed by atoms with Crippen LogP contribution in [0.2, 0.25) is 0 Å². The van der Waals surface area contributed by atoms with Gasteiger partial charge < -0.3 is 9.47 Å². The molecule has 3 aromatic carbocycles. The molecular weight excluding hydrogens is 425 g/mol. The van der Waals surface area contributed by atoms with Crippen molar-refractivity contribution in [2.75, 3.05) is 7.11 Å². The van der Waals surface area contributed by atoms with Crippen LogP contribution in [0.1, 0.15) is 22.3 Å². The van der Waals surface area contributed by atoms with Crippen molar-refractivity contribution < 1.29 is 27.6 Å². The third kappa shape index (κ3) is 5.23. The highest BCUT2D eigenvalue weighted by Gasteiger charge is 2.33. The SMILES string of the molecule is COc1cc(C=Nc2ccc(C)c(C)c2)ccc1Oc1ccc(C(F)(F)F)cc1[N+](=O)[O-]. The molecule has 32 heavy (non-hydrogen) atoms. The van der Waals surface area contributed by atoms with Crippen molar-refractivity contribution in [3.05, 3.63) is 87.0 Å². The first-order valence-electron chi connectivity index (χ1n) is 9.41. The van der Waals surface area contributed by atoms with Gasteiger partial charge in [-0.25, -0.2) is 0 Å². The summed E-state index contributed by atoms with van der Waals surface area (Å²) in [5, 5.41) is 11.3. The fraction of sp³-hybridized carbons (Fsp3) is 0.174. The Morgan fingerprint density at radius 2 is 1.66 bits per heavy atom. The van der Waals surface area contributed by atoms with Crippen molar-refractivity contribution in [3.63, 3.8) is 0 Å². The number of nitrogens with zero attached hydrogens (tertiary/aromatic N) is 2. The van der Waals surface area contributed by atoms with Crippen LogP contribution in [0, 0.1) is 24.0 Å². The zero-order valence-electron chi connectivity index (χ0n) is 17.4. The van der Waals surface area contributed by atoms with Gasteiger partial charge in [0.15, 0.2) is 11.5 Å². The molecule has 0 radical (unpaired) electrons. The first-order valence-corrected chi connectivity index (χ1v) is 9.41. The van der Waals surface area contributed by atoms with Crippen molar-refractivity contribution in [3.8, 4) is 17.2 Å². The van der Waals surface area contributed by atoms with Crippen LogP contribution in [0.3, 0.4) is 0 Å². The summed E-state index contributed by atoms with van der Waals surface area (Å²) in [6.45, 7) is 4.00. The highest BCUT2D eigenvalue weighted by Crippen LogP contribution is 2.40. The fourth-order valence-corrected chi connectivity index (χ4v) is 2.84. The molecule has 0 saturated heterocycles. The van der Waals surface area contributed by atoms with E-state index in [-0.39, 0.29) is 17.2 Å². The second-order valence-corrected chi connectivity index (χ2v) is 6.98. The molecule has 0 unspecified atom stereocenters. The number of nitro groups is 1. The quantitative estimate of drug-likeness (QED) is 0.239. The van der Waals surface area contributed by atoms with Gasteiger partial charge in [-0.15, -0.1) is 0 Å². The minimum Gasteiger partial charge on any atom is -0.493 e. The molecular formula is C23H19F3N2O4. The standard InChI is InChI=1S/C23H19F3N2O4/c1-14-4-7-18(10-15(14)2)27-13-16-5-8-21(22(11-16)31-3)32-20-9-6-17(23(24,25)26)12-19(20)28(29)30/h4-13H,1-3H3. The molecule has 0 N–H and O–H groups in total. The van der Waals surface area contributed by atoms with Crippen molar-refractivity contribution in [2.24, 2.45) is 4.99 Å². The van der Waals surface area contributed by atoms with E-state index in [4.69, 9.17) is 9.47 Å². The molecule has 9 heteroatoms. The van der Waals surface area contributed by atoms with E-state index in [0.29, 0.717) is 11.6 Å². The van der Waals surface area contributed by atoms with Gasteiger partial charge in [0, 0.05) is 12.3 Å². The molecule has 0 heterocycles. The summed E-state index contributed by atoms with van der Waals surface area (Å²) in [7, 11) is 1.38. The van der Waals surface area contributed by atoms with Gasteiger partial charge in [0.1, 0.15) is 0 Å². The molecule has 0 aliphatic rings. The van der Waals surface area contributed by atoms with Crippen LogP contribution in [0.15, 0.2) is 59.6 Å². The Morgan fingerprint density at radius 3 is 2.28 bits per heavy atom. The number of hydrogen-bond donors (Lipinski definition) is 0. The highest BCUT2D eigenvalue weighted by atomic mass is 19.4. The number of methoxy groups -OCH3 is 1. The molecule has 0 atom stereocenters. The smallest absolute Gasteiger partial charge is 0.416 e. The third-order valence-corrected chi connectivity index (χ3v) is 4.74. The topological polar surface area (TPSA) is 74.0 Å². The molecule has 6 nitrogen and oxygen atoms in total. The molecule has 166 valence electrons. The number of hydrogen-bond acceptors (Lipinski definition) is 5. The predicted molar refractivity (Wildman–Crippen MR) is 114 cm³/mol. The summed E-state index contributed by atoms with van der Waals surface area (Å²) in [4.78, 5) is 14.8. The number of rotatable bonds is 6. The first-order chi connectivity index (χ1) is 15.1. The summed E-state index contributed by atoms with van der Waals surface area (Å²) in [5.41, 5.74) is 1.77. The molecule has 0 spiro atoms. The zero-order chi connectivity index (χ0) is 23.5. The van der Waals surface area contributed by atoms with Crippen molar-refractivity contribution >= 4 is 17.6 Å². The second-order valence-electron chi connectivity index (χ2n) is 6.98. The van der Waals surface area contributed by atoms with Crippen molar-refractivity contribution in [1.82, 2.24) is 0 Å². The molecule has 0 aliphatic heterocycles. The first kappa shape index (κ1) is 22.8. The average Bonchev–Trinajstić information content (AvgIpc) is 2.74. The minimum absolute atomic E-state index is 0.110. The van der Waals surface area contributed by atoms with Gasteiger partial charge in [0.05, 0.1) is 23.3 Å². The molecule has 0 fully saturated rings. The summed E-state index contributed by atoms with van der Waals surface area (Å²) >= 11 is 0. The van der Waals surface area contributed by atoms with E-state index in [1.165, 1.54) is 13.2 Å². The number of nitro benzene ring substituents is 1. The Kier molecular flexibility index (Phi) is 6.47. The molecule has 0 amide bonds. The monoisotopic (exact) mass is 444 g/mol. The maximum Gasteiger partial charge on any atom is 0.416 e. The van der Waals surface area contributed by atoms with Crippen molar-refractivity contribution in [1.29, 1.82) is 0 Å². The lowest BCUT2D eigenvalue weighted by molar-refractivity contribution is -0.385. The summed E-state index contributed by atoms with van der Waals surface area (Å²) in [5.74, 6) is 0.0137. The fourth-order valence-electron chi connectivity index (χ4n) is 2.84. The molecule has 0 aliphatic carbocycles. The lowest BCUT2D eigenvalue weighted by atomic mass is 10.1. The number of aliphatic imine (C=N–C) groups is 1. The lowest BCUT2D eigenvalue weighted by Crippen LogP contribution is -2.06. The van der Waals surface area contributed by atoms with Gasteiger partial charge in [-0.2, -0.15) is 13.2 Å². The van der Waals surface area contributed by atoms with Gasteiger partial charge in [-0.05, 0) is 73.0 Å². The lowest BCUT2D eigenvalue weighted by Gasteiger charge is -2.12. The van der Waals surface area contributed by atoms with E-state index >= 15 is 0 Å². The normalized spacial score (nSPS) is 11.6. The van der Waals surface area contributed by atoms with Gasteiger partial charge in [-0.3, -0.25) is 15.1 Å². The predicted octanol–water partition coefficient (Wildman–Crippen LogP) is 6.78. The number of halogens is 3. The van der Waals surface area contributed by atoms with E-state index in [9.17, 15) is 23.3 Å². The van der Waals surface area contributed by atoms with Crippen LogP contribution in [0.5, 0.6) is 17.2 Å². The van der Waals surface area contributed by atoms with E-state index in [1.54, 1.807) is 18.3 Å². The van der Waals surface area contributed by atoms with Crippen LogP contribution in [0.25, 0.3) is 0 Å². The van der Waals surface area contributed by atoms with Crippen LogP contribution in [-0.4, -0.2) is 18.2 Å². The van der Waals surface area contributed by atoms with Gasteiger partial charge in [0.25, 0.3) is 0 Å². The minimum atomic E-state index is -4.71. The zero-order valence-corrected chi connectivity index (χ0v) is 17.4. The van der Waals surface area contributed by atoms with E-state index < -0.39 is 22.4 Å². The number of alkyl halides is 3. The average molecular weight is 444 g/mol. The Morgan fingerprint density at radius 1 is 0.938 bits per heavy atom. The summed E-state index contributed by atoms with van der Waals surface area (Å²) < 4.78 is 49.5. The van der Waals surface area contributed by atoms with Gasteiger partial charge in [0.2, 0.25) is 5.75 Å². The molecule has 0 bridgehead atoms. The number of ether oxygens (including phenoxy) is 2. The van der Waals surface area contributed by atoms with Gasteiger partial charge in [-0.1, -0.05) is 6.07 Å². The highest BCUT2D eigenvalue weighted by molar-refractivity contribution is 5.83. The third-order valence-electron chi connectivity index (χ3n) is 4.74. The Balaban J connectivity index is 1.89. The number of aryl methyl sites for hydroxylation is 2. The Hall–Kier alpha value is -3.88. The summed E-state index contributed by atoms with van der Waals surface area (Å²) in [6.07, 6.45) is -3.09. The second kappa shape index (κ2) is 9.09. The van der Waals surface area contributed by atoms with Crippen LogP contribution in [0.4, 0.5) is 24.5 Å². The maximum absolute atomic E-state index is 12.9. The maximum atomic E-state index is 12.9. The number of benzene rings is 3. The summed E-state index contributed by atoms with van der Waals surface area (Å²) in [6, 6.07) is 12.6. The Labute approximate surface area is 182 Å². The molecule has 3 aromatic rings. The van der Waals surface area contributed by atoms with E-state index in [2.05, 4.69) is 4.99 Å². The van der Waals surface area contributed by atoms with Gasteiger partial charge >= 0.3 is 11.9 Å².